The number of carbonyl (C=O) groups excluding carboxylic acids is 2. The molecule has 3 aromatic rings. The first-order valence-corrected chi connectivity index (χ1v) is 9.56. The molecule has 0 aliphatic carbocycles. The molecule has 0 saturated heterocycles. The van der Waals surface area contributed by atoms with Crippen LogP contribution in [0.15, 0.2) is 64.8 Å². The van der Waals surface area contributed by atoms with Crippen LogP contribution in [-0.4, -0.2) is 39.4 Å². The summed E-state index contributed by atoms with van der Waals surface area (Å²) in [6.45, 7) is 3.31. The van der Waals surface area contributed by atoms with Crippen LogP contribution in [-0.2, 0) is 0 Å². The van der Waals surface area contributed by atoms with Crippen LogP contribution in [0.5, 0.6) is 11.5 Å². The molecule has 0 spiro atoms. The van der Waals surface area contributed by atoms with Gasteiger partial charge in [0.25, 0.3) is 11.8 Å². The van der Waals surface area contributed by atoms with E-state index in [0.29, 0.717) is 22.5 Å². The van der Waals surface area contributed by atoms with Gasteiger partial charge in [0.05, 0.1) is 34.9 Å². The number of benzene rings is 2. The number of rotatable bonds is 6. The fourth-order valence-electron chi connectivity index (χ4n) is 2.85. The summed E-state index contributed by atoms with van der Waals surface area (Å²) < 4.78 is 0. The van der Waals surface area contributed by atoms with Gasteiger partial charge >= 0.3 is 0 Å². The van der Waals surface area contributed by atoms with E-state index in [4.69, 9.17) is 0 Å². The van der Waals surface area contributed by atoms with Gasteiger partial charge in [-0.25, -0.2) is 10.9 Å². The number of hydrazone groups is 2. The molecule has 0 saturated carbocycles. The zero-order chi connectivity index (χ0) is 23.1. The van der Waals surface area contributed by atoms with E-state index < -0.39 is 11.8 Å². The van der Waals surface area contributed by atoms with Gasteiger partial charge in [0.15, 0.2) is 0 Å². The Labute approximate surface area is 184 Å². The van der Waals surface area contributed by atoms with Gasteiger partial charge in [0.2, 0.25) is 0 Å². The zero-order valence-electron chi connectivity index (χ0n) is 17.4. The summed E-state index contributed by atoms with van der Waals surface area (Å²) in [5.41, 5.74) is 7.23. The molecule has 1 aromatic heterocycles. The SMILES string of the molecule is Cc1nc(C)c(C(=O)NN=Cc2cccc(O)c2)cc1C(=O)NN=Cc1cccc(O)c1. The first kappa shape index (κ1) is 22.2. The van der Waals surface area contributed by atoms with Crippen molar-refractivity contribution >= 4 is 24.2 Å². The molecule has 3 rings (SSSR count). The molecule has 2 amide bonds. The topological polar surface area (TPSA) is 136 Å². The molecule has 0 unspecified atom stereocenters. The van der Waals surface area contributed by atoms with E-state index in [9.17, 15) is 19.8 Å². The largest absolute Gasteiger partial charge is 0.508 e. The normalized spacial score (nSPS) is 11.1. The molecule has 162 valence electrons. The minimum atomic E-state index is -0.538. The number of aromatic nitrogens is 1. The minimum Gasteiger partial charge on any atom is -0.508 e. The summed E-state index contributed by atoms with van der Waals surface area (Å²) >= 11 is 0. The van der Waals surface area contributed by atoms with Crippen LogP contribution in [0.25, 0.3) is 0 Å². The first-order chi connectivity index (χ1) is 15.3. The number of hydrogen-bond acceptors (Lipinski definition) is 7. The second-order valence-electron chi connectivity index (χ2n) is 6.84. The molecule has 0 fully saturated rings. The Morgan fingerprint density at radius 3 is 1.62 bits per heavy atom. The van der Waals surface area contributed by atoms with E-state index >= 15 is 0 Å². The fraction of sp³-hybridized carbons (Fsp3) is 0.0870. The van der Waals surface area contributed by atoms with Gasteiger partial charge in [-0.3, -0.25) is 14.6 Å². The highest BCUT2D eigenvalue weighted by atomic mass is 16.3. The molecule has 0 atom stereocenters. The number of phenols is 2. The van der Waals surface area contributed by atoms with E-state index in [-0.39, 0.29) is 22.6 Å². The maximum atomic E-state index is 12.5. The summed E-state index contributed by atoms with van der Waals surface area (Å²) in [6.07, 6.45) is 2.77. The average Bonchev–Trinajstić information content (AvgIpc) is 2.73. The summed E-state index contributed by atoms with van der Waals surface area (Å²) in [5, 5.41) is 26.7. The van der Waals surface area contributed by atoms with Crippen LogP contribution in [0, 0.1) is 13.8 Å². The van der Waals surface area contributed by atoms with E-state index in [0.717, 1.165) is 0 Å². The molecule has 2 aromatic carbocycles. The molecule has 4 N–H and O–H groups in total. The highest BCUT2D eigenvalue weighted by Gasteiger charge is 2.17. The van der Waals surface area contributed by atoms with Crippen LogP contribution in [0.2, 0.25) is 0 Å². The highest BCUT2D eigenvalue weighted by molar-refractivity contribution is 6.01. The van der Waals surface area contributed by atoms with Crippen LogP contribution < -0.4 is 10.9 Å². The second kappa shape index (κ2) is 9.98. The minimum absolute atomic E-state index is 0.0845. The van der Waals surface area contributed by atoms with Gasteiger partial charge < -0.3 is 10.2 Å². The molecule has 1 heterocycles. The Bertz CT molecular complexity index is 1130. The number of aryl methyl sites for hydroxylation is 2. The van der Waals surface area contributed by atoms with Gasteiger partial charge in [-0.05, 0) is 55.3 Å². The number of carbonyl (C=O) groups is 2. The smallest absolute Gasteiger partial charge is 0.273 e. The molecule has 0 aliphatic rings. The van der Waals surface area contributed by atoms with Crippen LogP contribution in [0.3, 0.4) is 0 Å². The number of phenolic OH excluding ortho intramolecular Hbond substituents is 2. The zero-order valence-corrected chi connectivity index (χ0v) is 17.4. The lowest BCUT2D eigenvalue weighted by Gasteiger charge is -2.09. The molecule has 9 heteroatoms. The van der Waals surface area contributed by atoms with Crippen molar-refractivity contribution in [3.63, 3.8) is 0 Å². The van der Waals surface area contributed by atoms with Crippen molar-refractivity contribution in [2.45, 2.75) is 13.8 Å². The Morgan fingerprint density at radius 2 is 1.22 bits per heavy atom. The van der Waals surface area contributed by atoms with Crippen LogP contribution >= 0.6 is 0 Å². The Morgan fingerprint density at radius 1 is 0.781 bits per heavy atom. The third kappa shape index (κ3) is 5.76. The van der Waals surface area contributed by atoms with Crippen molar-refractivity contribution in [2.24, 2.45) is 10.2 Å². The summed E-state index contributed by atoms with van der Waals surface area (Å²) in [5.74, 6) is -0.908. The molecule has 0 bridgehead atoms. The predicted octanol–water partition coefficient (Wildman–Crippen LogP) is 2.64. The lowest BCUT2D eigenvalue weighted by molar-refractivity contribution is 0.0954. The highest BCUT2D eigenvalue weighted by Crippen LogP contribution is 2.14. The summed E-state index contributed by atoms with van der Waals surface area (Å²) in [7, 11) is 0. The van der Waals surface area contributed by atoms with Crippen molar-refractivity contribution in [2.75, 3.05) is 0 Å². The van der Waals surface area contributed by atoms with Crippen molar-refractivity contribution in [3.8, 4) is 11.5 Å². The monoisotopic (exact) mass is 431 g/mol. The Hall–Kier alpha value is -4.53. The van der Waals surface area contributed by atoms with Crippen molar-refractivity contribution < 1.29 is 19.8 Å². The maximum Gasteiger partial charge on any atom is 0.273 e. The number of nitrogens with one attached hydrogen (secondary N) is 2. The van der Waals surface area contributed by atoms with Crippen molar-refractivity contribution in [3.05, 3.63) is 88.2 Å². The molecule has 9 nitrogen and oxygen atoms in total. The molecular weight excluding hydrogens is 410 g/mol. The van der Waals surface area contributed by atoms with Crippen LogP contribution in [0.1, 0.15) is 43.2 Å². The number of aromatic hydroxyl groups is 2. The maximum absolute atomic E-state index is 12.5. The Kier molecular flexibility index (Phi) is 6.92. The Balaban J connectivity index is 1.71. The summed E-state index contributed by atoms with van der Waals surface area (Å²) in [4.78, 5) is 29.4. The number of nitrogens with zero attached hydrogens (tertiary/aromatic N) is 3. The van der Waals surface area contributed by atoms with E-state index in [1.165, 1.54) is 42.8 Å². The van der Waals surface area contributed by atoms with Gasteiger partial charge in [-0.2, -0.15) is 10.2 Å². The van der Waals surface area contributed by atoms with Gasteiger partial charge in [-0.15, -0.1) is 0 Å². The second-order valence-corrected chi connectivity index (χ2v) is 6.84. The van der Waals surface area contributed by atoms with Crippen LogP contribution in [0.4, 0.5) is 0 Å². The third-order valence-corrected chi connectivity index (χ3v) is 4.39. The molecule has 0 aliphatic heterocycles. The lowest BCUT2D eigenvalue weighted by Crippen LogP contribution is -2.23. The fourth-order valence-corrected chi connectivity index (χ4v) is 2.85. The number of hydrogen-bond donors (Lipinski definition) is 4. The van der Waals surface area contributed by atoms with Crippen molar-refractivity contribution in [1.29, 1.82) is 0 Å². The summed E-state index contributed by atoms with van der Waals surface area (Å²) in [6, 6.07) is 14.2. The van der Waals surface area contributed by atoms with E-state index in [1.807, 2.05) is 0 Å². The molecule has 32 heavy (non-hydrogen) atoms. The van der Waals surface area contributed by atoms with E-state index in [1.54, 1.807) is 38.1 Å². The predicted molar refractivity (Wildman–Crippen MR) is 120 cm³/mol. The standard InChI is InChI=1S/C23H21N5O4/c1-14-20(22(31)27-24-12-16-5-3-7-18(29)9-16)11-21(15(2)26-14)23(32)28-25-13-17-6-4-8-19(30)10-17/h3-13,29-30H,1-2H3,(H,27,31)(H,28,32). The average molecular weight is 431 g/mol. The lowest BCUT2D eigenvalue weighted by atomic mass is 10.1. The number of amides is 2. The number of pyridine rings is 1. The van der Waals surface area contributed by atoms with Gasteiger partial charge in [0.1, 0.15) is 11.5 Å². The van der Waals surface area contributed by atoms with Gasteiger partial charge in [-0.1, -0.05) is 24.3 Å². The molecule has 0 radical (unpaired) electrons. The first-order valence-electron chi connectivity index (χ1n) is 9.56. The molecular formula is C23H21N5O4. The van der Waals surface area contributed by atoms with E-state index in [2.05, 4.69) is 26.0 Å². The van der Waals surface area contributed by atoms with Gasteiger partial charge in [0, 0.05) is 0 Å². The van der Waals surface area contributed by atoms with Crippen molar-refractivity contribution in [1.82, 2.24) is 15.8 Å². The third-order valence-electron chi connectivity index (χ3n) is 4.39. The quantitative estimate of drug-likeness (QED) is 0.351.